The Morgan fingerprint density at radius 2 is 1.53 bits per heavy atom. The van der Waals surface area contributed by atoms with Gasteiger partial charge < -0.3 is 19.6 Å². The second-order valence-electron chi connectivity index (χ2n) is 9.70. The van der Waals surface area contributed by atoms with E-state index >= 15 is 0 Å². The molecular formula is C30H26ClF2N3O2. The number of hydrogen-bond donors (Lipinski definition) is 2. The number of anilines is 1. The maximum Gasteiger partial charge on any atom is 0.328 e. The molecule has 3 aromatic carbocycles. The number of aromatic nitrogens is 2. The molecule has 1 aliphatic rings. The van der Waals surface area contributed by atoms with E-state index < -0.39 is 6.04 Å². The van der Waals surface area contributed by atoms with Crippen molar-refractivity contribution in [1.29, 1.82) is 0 Å². The SMILES string of the molecule is CCOC(=O)C1CC(c2c[nH]c3cc(F)ccc23)CC(c2c[nH]c3cc(F)ccc23)N1c1ccc(Cl)cc1. The van der Waals surface area contributed by atoms with Gasteiger partial charge in [-0.25, -0.2) is 13.6 Å². The van der Waals surface area contributed by atoms with Crippen molar-refractivity contribution in [2.24, 2.45) is 0 Å². The molecule has 0 bridgehead atoms. The Kier molecular flexibility index (Phi) is 6.32. The molecule has 0 amide bonds. The van der Waals surface area contributed by atoms with E-state index in [1.165, 1.54) is 24.3 Å². The van der Waals surface area contributed by atoms with Crippen LogP contribution < -0.4 is 4.90 Å². The normalized spacial score (nSPS) is 19.8. The predicted octanol–water partition coefficient (Wildman–Crippen LogP) is 7.64. The van der Waals surface area contributed by atoms with Crippen LogP contribution in [0.4, 0.5) is 14.5 Å². The number of nitrogens with one attached hydrogen (secondary N) is 2. The molecule has 5 aromatic rings. The summed E-state index contributed by atoms with van der Waals surface area (Å²) in [4.78, 5) is 22.0. The molecule has 1 aliphatic heterocycles. The molecule has 38 heavy (non-hydrogen) atoms. The standard InChI is InChI=1S/C30H26ClF2N3O2/c1-2-38-30(37)29-12-17(24-15-34-26-13-19(32)5-9-22(24)26)11-28(36(29)21-7-3-18(31)4-8-21)25-16-35-27-14-20(33)6-10-23(25)27/h3-10,13-17,28-29,34-35H,2,11-12H2,1H3. The van der Waals surface area contributed by atoms with Crippen molar-refractivity contribution in [2.75, 3.05) is 11.5 Å². The van der Waals surface area contributed by atoms with Gasteiger partial charge in [-0.05, 0) is 97.5 Å². The summed E-state index contributed by atoms with van der Waals surface area (Å²) in [5, 5.41) is 2.42. The number of carbonyl (C=O) groups excluding carboxylic acids is 1. The molecule has 3 heterocycles. The number of carbonyl (C=O) groups is 1. The molecule has 5 nitrogen and oxygen atoms in total. The van der Waals surface area contributed by atoms with Gasteiger partial charge in [0.1, 0.15) is 17.7 Å². The van der Waals surface area contributed by atoms with E-state index in [-0.39, 0.29) is 36.2 Å². The molecule has 194 valence electrons. The van der Waals surface area contributed by atoms with Crippen LogP contribution in [0.1, 0.15) is 42.9 Å². The van der Waals surface area contributed by atoms with E-state index in [1.807, 2.05) is 24.5 Å². The highest BCUT2D eigenvalue weighted by atomic mass is 35.5. The third kappa shape index (κ3) is 4.31. The van der Waals surface area contributed by atoms with Gasteiger partial charge in [-0.1, -0.05) is 11.6 Å². The second kappa shape index (κ2) is 9.80. The van der Waals surface area contributed by atoms with Crippen molar-refractivity contribution < 1.29 is 18.3 Å². The highest BCUT2D eigenvalue weighted by Gasteiger charge is 2.42. The summed E-state index contributed by atoms with van der Waals surface area (Å²) in [6.07, 6.45) is 5.00. The Morgan fingerprint density at radius 1 is 0.921 bits per heavy atom. The number of aromatic amines is 2. The van der Waals surface area contributed by atoms with Crippen LogP contribution in [0.2, 0.25) is 5.02 Å². The number of esters is 1. The maximum atomic E-state index is 14.0. The summed E-state index contributed by atoms with van der Waals surface area (Å²) in [5.41, 5.74) is 4.23. The Balaban J connectivity index is 1.52. The third-order valence-corrected chi connectivity index (χ3v) is 7.77. The molecule has 8 heteroatoms. The van der Waals surface area contributed by atoms with E-state index in [2.05, 4.69) is 14.9 Å². The number of halogens is 3. The smallest absolute Gasteiger partial charge is 0.328 e. The van der Waals surface area contributed by atoms with Gasteiger partial charge in [-0.2, -0.15) is 0 Å². The molecule has 3 unspecified atom stereocenters. The fourth-order valence-corrected chi connectivity index (χ4v) is 6.01. The van der Waals surface area contributed by atoms with Crippen LogP contribution in [0.3, 0.4) is 0 Å². The number of fused-ring (bicyclic) bond motifs is 2. The van der Waals surface area contributed by atoms with Crippen LogP contribution in [-0.2, 0) is 9.53 Å². The molecular weight excluding hydrogens is 508 g/mol. The Hall–Kier alpha value is -3.84. The fraction of sp³-hybridized carbons (Fsp3) is 0.233. The highest BCUT2D eigenvalue weighted by molar-refractivity contribution is 6.30. The number of piperidine rings is 1. The molecule has 3 atom stereocenters. The summed E-state index contributed by atoms with van der Waals surface area (Å²) in [5.74, 6) is -0.967. The van der Waals surface area contributed by atoms with Gasteiger partial charge in [-0.15, -0.1) is 0 Å². The molecule has 6 rings (SSSR count). The van der Waals surface area contributed by atoms with Crippen LogP contribution in [0.15, 0.2) is 73.1 Å². The lowest BCUT2D eigenvalue weighted by molar-refractivity contribution is -0.145. The average molecular weight is 534 g/mol. The Labute approximate surface area is 223 Å². The Morgan fingerprint density at radius 3 is 2.16 bits per heavy atom. The Bertz CT molecular complexity index is 1630. The monoisotopic (exact) mass is 533 g/mol. The van der Waals surface area contributed by atoms with Crippen molar-refractivity contribution in [2.45, 2.75) is 37.8 Å². The van der Waals surface area contributed by atoms with Crippen molar-refractivity contribution in [1.82, 2.24) is 9.97 Å². The van der Waals surface area contributed by atoms with Crippen molar-refractivity contribution in [3.63, 3.8) is 0 Å². The number of H-pyrrole nitrogens is 2. The van der Waals surface area contributed by atoms with E-state index in [0.717, 1.165) is 27.6 Å². The van der Waals surface area contributed by atoms with E-state index in [0.29, 0.717) is 28.9 Å². The van der Waals surface area contributed by atoms with Crippen molar-refractivity contribution >= 4 is 45.1 Å². The zero-order valence-corrected chi connectivity index (χ0v) is 21.4. The molecule has 1 saturated heterocycles. The summed E-state index contributed by atoms with van der Waals surface area (Å²) in [6.45, 7) is 2.06. The summed E-state index contributed by atoms with van der Waals surface area (Å²) >= 11 is 6.20. The maximum absolute atomic E-state index is 14.0. The molecule has 0 radical (unpaired) electrons. The average Bonchev–Trinajstić information content (AvgIpc) is 3.52. The van der Waals surface area contributed by atoms with Gasteiger partial charge in [0.25, 0.3) is 0 Å². The van der Waals surface area contributed by atoms with E-state index in [4.69, 9.17) is 16.3 Å². The fourth-order valence-electron chi connectivity index (χ4n) is 5.89. The minimum atomic E-state index is -0.587. The summed E-state index contributed by atoms with van der Waals surface area (Å²) in [6, 6.07) is 16.0. The molecule has 2 aromatic heterocycles. The molecule has 0 aliphatic carbocycles. The highest BCUT2D eigenvalue weighted by Crippen LogP contribution is 2.48. The summed E-state index contributed by atoms with van der Waals surface area (Å²) < 4.78 is 33.5. The number of nitrogens with zero attached hydrogens (tertiary/aromatic N) is 1. The first-order valence-corrected chi connectivity index (χ1v) is 13.0. The molecule has 0 saturated carbocycles. The van der Waals surface area contributed by atoms with Gasteiger partial charge >= 0.3 is 5.97 Å². The first-order chi connectivity index (χ1) is 18.4. The lowest BCUT2D eigenvalue weighted by Gasteiger charge is -2.45. The van der Waals surface area contributed by atoms with Crippen LogP contribution in [-0.4, -0.2) is 28.6 Å². The number of benzene rings is 3. The third-order valence-electron chi connectivity index (χ3n) is 7.52. The van der Waals surface area contributed by atoms with Gasteiger partial charge in [0.05, 0.1) is 12.6 Å². The molecule has 2 N–H and O–H groups in total. The largest absolute Gasteiger partial charge is 0.464 e. The lowest BCUT2D eigenvalue weighted by atomic mass is 9.79. The number of rotatable bonds is 5. The van der Waals surface area contributed by atoms with Crippen LogP contribution in [0.25, 0.3) is 21.8 Å². The summed E-state index contributed by atoms with van der Waals surface area (Å²) in [7, 11) is 0. The first kappa shape index (κ1) is 24.5. The van der Waals surface area contributed by atoms with Gasteiger partial charge in [0.15, 0.2) is 0 Å². The lowest BCUT2D eigenvalue weighted by Crippen LogP contribution is -2.49. The topological polar surface area (TPSA) is 61.1 Å². The second-order valence-corrected chi connectivity index (χ2v) is 10.1. The zero-order valence-electron chi connectivity index (χ0n) is 20.7. The quantitative estimate of drug-likeness (QED) is 0.228. The van der Waals surface area contributed by atoms with Crippen LogP contribution >= 0.6 is 11.6 Å². The first-order valence-electron chi connectivity index (χ1n) is 12.7. The van der Waals surface area contributed by atoms with Crippen LogP contribution in [0, 0.1) is 11.6 Å². The van der Waals surface area contributed by atoms with Crippen molar-refractivity contribution in [3.05, 3.63) is 101 Å². The predicted molar refractivity (Wildman–Crippen MR) is 146 cm³/mol. The number of hydrogen-bond acceptors (Lipinski definition) is 3. The van der Waals surface area contributed by atoms with E-state index in [9.17, 15) is 13.6 Å². The minimum absolute atomic E-state index is 0.0254. The van der Waals surface area contributed by atoms with Gasteiger partial charge in [-0.3, -0.25) is 0 Å². The zero-order chi connectivity index (χ0) is 26.4. The molecule has 0 spiro atoms. The molecule has 1 fully saturated rings. The number of ether oxygens (including phenoxy) is 1. The van der Waals surface area contributed by atoms with Crippen molar-refractivity contribution in [3.8, 4) is 0 Å². The van der Waals surface area contributed by atoms with Gasteiger partial charge in [0.2, 0.25) is 0 Å². The van der Waals surface area contributed by atoms with E-state index in [1.54, 1.807) is 31.2 Å². The van der Waals surface area contributed by atoms with Crippen LogP contribution in [0.5, 0.6) is 0 Å². The minimum Gasteiger partial charge on any atom is -0.464 e. The van der Waals surface area contributed by atoms with Gasteiger partial charge in [0, 0.05) is 44.9 Å².